The molecule has 0 spiro atoms. The Morgan fingerprint density at radius 2 is 2.00 bits per heavy atom. The molecule has 2 aromatic rings. The predicted octanol–water partition coefficient (Wildman–Crippen LogP) is 3.80. The van der Waals surface area contributed by atoms with E-state index >= 15 is 0 Å². The zero-order valence-corrected chi connectivity index (χ0v) is 11.5. The van der Waals surface area contributed by atoms with E-state index in [1.54, 1.807) is 13.2 Å². The lowest BCUT2D eigenvalue weighted by Gasteiger charge is -2.19. The number of hydrogen-bond acceptors (Lipinski definition) is 2. The van der Waals surface area contributed by atoms with Crippen LogP contribution in [0.2, 0.25) is 5.02 Å². The molecule has 0 aliphatic heterocycles. The summed E-state index contributed by atoms with van der Waals surface area (Å²) in [7, 11) is 3.42. The van der Waals surface area contributed by atoms with E-state index in [0.717, 1.165) is 11.3 Å². The van der Waals surface area contributed by atoms with Gasteiger partial charge in [0.05, 0.1) is 13.2 Å². The molecule has 1 atom stereocenters. The van der Waals surface area contributed by atoms with Gasteiger partial charge in [0.15, 0.2) is 0 Å². The van der Waals surface area contributed by atoms with E-state index in [0.29, 0.717) is 10.6 Å². The van der Waals surface area contributed by atoms with E-state index in [9.17, 15) is 4.39 Å². The van der Waals surface area contributed by atoms with Crippen molar-refractivity contribution < 1.29 is 9.13 Å². The van der Waals surface area contributed by atoms with Crippen LogP contribution >= 0.6 is 11.6 Å². The molecular weight excluding hydrogens is 265 g/mol. The SMILES string of the molecule is CNC(c1cccc(OC)c1)c1cc(F)ccc1Cl. The van der Waals surface area contributed by atoms with E-state index in [1.807, 2.05) is 31.3 Å². The Hall–Kier alpha value is -1.58. The number of halogens is 2. The van der Waals surface area contributed by atoms with E-state index in [-0.39, 0.29) is 11.9 Å². The van der Waals surface area contributed by atoms with Crippen molar-refractivity contribution in [2.45, 2.75) is 6.04 Å². The molecule has 1 unspecified atom stereocenters. The summed E-state index contributed by atoms with van der Waals surface area (Å²) in [6, 6.07) is 11.8. The summed E-state index contributed by atoms with van der Waals surface area (Å²) in [6.07, 6.45) is 0. The first-order chi connectivity index (χ1) is 9.15. The van der Waals surface area contributed by atoms with Gasteiger partial charge in [-0.3, -0.25) is 0 Å². The molecule has 1 N–H and O–H groups in total. The summed E-state index contributed by atoms with van der Waals surface area (Å²) in [5.74, 6) is 0.452. The zero-order valence-electron chi connectivity index (χ0n) is 10.8. The highest BCUT2D eigenvalue weighted by Crippen LogP contribution is 2.30. The van der Waals surface area contributed by atoms with Crippen LogP contribution in [-0.4, -0.2) is 14.2 Å². The summed E-state index contributed by atoms with van der Waals surface area (Å²) in [5, 5.41) is 3.68. The van der Waals surface area contributed by atoms with Crippen LogP contribution in [0.1, 0.15) is 17.2 Å². The number of rotatable bonds is 4. The van der Waals surface area contributed by atoms with Crippen LogP contribution in [-0.2, 0) is 0 Å². The first-order valence-electron chi connectivity index (χ1n) is 5.92. The largest absolute Gasteiger partial charge is 0.497 e. The standard InChI is InChI=1S/C15H15ClFNO/c1-18-15(10-4-3-5-12(8-10)19-2)13-9-11(17)6-7-14(13)16/h3-9,15,18H,1-2H3. The topological polar surface area (TPSA) is 21.3 Å². The van der Waals surface area contributed by atoms with Crippen molar-refractivity contribution in [3.8, 4) is 5.75 Å². The summed E-state index contributed by atoms with van der Waals surface area (Å²) in [6.45, 7) is 0. The minimum atomic E-state index is -0.303. The van der Waals surface area contributed by atoms with E-state index in [1.165, 1.54) is 12.1 Å². The van der Waals surface area contributed by atoms with Gasteiger partial charge in [-0.05, 0) is 48.5 Å². The summed E-state index contributed by atoms with van der Waals surface area (Å²) in [4.78, 5) is 0. The average molecular weight is 280 g/mol. The molecule has 4 heteroatoms. The summed E-state index contributed by atoms with van der Waals surface area (Å²) < 4.78 is 18.6. The number of methoxy groups -OCH3 is 1. The minimum Gasteiger partial charge on any atom is -0.497 e. The zero-order chi connectivity index (χ0) is 13.8. The van der Waals surface area contributed by atoms with Crippen LogP contribution < -0.4 is 10.1 Å². The molecule has 2 aromatic carbocycles. The Labute approximate surface area is 117 Å². The van der Waals surface area contributed by atoms with Gasteiger partial charge in [-0.15, -0.1) is 0 Å². The summed E-state index contributed by atoms with van der Waals surface area (Å²) >= 11 is 6.16. The van der Waals surface area contributed by atoms with Gasteiger partial charge in [-0.1, -0.05) is 23.7 Å². The van der Waals surface area contributed by atoms with Gasteiger partial charge in [0.2, 0.25) is 0 Å². The molecule has 0 aromatic heterocycles. The summed E-state index contributed by atoms with van der Waals surface area (Å²) in [5.41, 5.74) is 1.67. The van der Waals surface area contributed by atoms with Crippen molar-refractivity contribution in [2.75, 3.05) is 14.2 Å². The Kier molecular flexibility index (Phi) is 4.40. The Morgan fingerprint density at radius 1 is 1.21 bits per heavy atom. The third-order valence-electron chi connectivity index (χ3n) is 2.98. The Morgan fingerprint density at radius 3 is 2.68 bits per heavy atom. The van der Waals surface area contributed by atoms with Gasteiger partial charge in [-0.25, -0.2) is 4.39 Å². The van der Waals surface area contributed by atoms with Gasteiger partial charge in [0.25, 0.3) is 0 Å². The van der Waals surface area contributed by atoms with Crippen LogP contribution in [0.25, 0.3) is 0 Å². The maximum absolute atomic E-state index is 13.4. The molecule has 0 aliphatic carbocycles. The number of nitrogens with one attached hydrogen (secondary N) is 1. The Bertz CT molecular complexity index is 574. The third kappa shape index (κ3) is 3.06. The second-order valence-corrected chi connectivity index (χ2v) is 4.57. The smallest absolute Gasteiger partial charge is 0.123 e. The van der Waals surface area contributed by atoms with Crippen molar-refractivity contribution in [3.05, 3.63) is 64.4 Å². The molecule has 0 aliphatic rings. The highest BCUT2D eigenvalue weighted by molar-refractivity contribution is 6.31. The van der Waals surface area contributed by atoms with Crippen molar-refractivity contribution in [1.29, 1.82) is 0 Å². The monoisotopic (exact) mass is 279 g/mol. The van der Waals surface area contributed by atoms with Gasteiger partial charge < -0.3 is 10.1 Å². The quantitative estimate of drug-likeness (QED) is 0.919. The molecule has 0 heterocycles. The minimum absolute atomic E-state index is 0.182. The second-order valence-electron chi connectivity index (χ2n) is 4.16. The van der Waals surface area contributed by atoms with E-state index in [2.05, 4.69) is 5.32 Å². The lowest BCUT2D eigenvalue weighted by atomic mass is 9.98. The molecule has 2 rings (SSSR count). The third-order valence-corrected chi connectivity index (χ3v) is 3.33. The van der Waals surface area contributed by atoms with Gasteiger partial charge in [-0.2, -0.15) is 0 Å². The van der Waals surface area contributed by atoms with Crippen molar-refractivity contribution in [3.63, 3.8) is 0 Å². The first-order valence-corrected chi connectivity index (χ1v) is 6.29. The molecular formula is C15H15ClFNO. The molecule has 0 amide bonds. The molecule has 0 bridgehead atoms. The molecule has 0 radical (unpaired) electrons. The number of ether oxygens (including phenoxy) is 1. The maximum atomic E-state index is 13.4. The van der Waals surface area contributed by atoms with Crippen molar-refractivity contribution in [2.24, 2.45) is 0 Å². The molecule has 2 nitrogen and oxygen atoms in total. The highest BCUT2D eigenvalue weighted by Gasteiger charge is 2.16. The molecule has 0 saturated carbocycles. The van der Waals surface area contributed by atoms with Crippen LogP contribution in [0.3, 0.4) is 0 Å². The molecule has 0 saturated heterocycles. The predicted molar refractivity (Wildman–Crippen MR) is 75.3 cm³/mol. The Balaban J connectivity index is 2.46. The number of benzene rings is 2. The molecule has 0 fully saturated rings. The van der Waals surface area contributed by atoms with Crippen molar-refractivity contribution in [1.82, 2.24) is 5.32 Å². The van der Waals surface area contributed by atoms with Gasteiger partial charge >= 0.3 is 0 Å². The normalized spacial score (nSPS) is 12.2. The number of hydrogen-bond donors (Lipinski definition) is 1. The van der Waals surface area contributed by atoms with Gasteiger partial charge in [0, 0.05) is 5.02 Å². The van der Waals surface area contributed by atoms with Crippen molar-refractivity contribution >= 4 is 11.6 Å². The lowest BCUT2D eigenvalue weighted by Crippen LogP contribution is -2.18. The first kappa shape index (κ1) is 13.8. The van der Waals surface area contributed by atoms with Crippen LogP contribution in [0.5, 0.6) is 5.75 Å². The van der Waals surface area contributed by atoms with Gasteiger partial charge in [0.1, 0.15) is 11.6 Å². The molecule has 100 valence electrons. The fourth-order valence-electron chi connectivity index (χ4n) is 2.06. The fraction of sp³-hybridized carbons (Fsp3) is 0.200. The maximum Gasteiger partial charge on any atom is 0.123 e. The van der Waals surface area contributed by atoms with Crippen LogP contribution in [0.4, 0.5) is 4.39 Å². The van der Waals surface area contributed by atoms with Crippen LogP contribution in [0.15, 0.2) is 42.5 Å². The lowest BCUT2D eigenvalue weighted by molar-refractivity contribution is 0.414. The van der Waals surface area contributed by atoms with E-state index in [4.69, 9.17) is 16.3 Å². The highest BCUT2D eigenvalue weighted by atomic mass is 35.5. The second kappa shape index (κ2) is 6.04. The average Bonchev–Trinajstić information content (AvgIpc) is 2.44. The van der Waals surface area contributed by atoms with E-state index < -0.39 is 0 Å². The fourth-order valence-corrected chi connectivity index (χ4v) is 2.29. The van der Waals surface area contributed by atoms with Crippen LogP contribution in [0, 0.1) is 5.82 Å². The molecule has 19 heavy (non-hydrogen) atoms.